The number of hydrogen-bond acceptors (Lipinski definition) is 5. The summed E-state index contributed by atoms with van der Waals surface area (Å²) in [7, 11) is 1.81. The number of ether oxygens (including phenoxy) is 1. The van der Waals surface area contributed by atoms with Crippen LogP contribution in [0, 0.1) is 13.8 Å². The SMILES string of the molecule is CNc1nc(C)ncc1OCc1cccc(C)n1. The fourth-order valence-electron chi connectivity index (χ4n) is 1.58. The maximum absolute atomic E-state index is 5.67. The van der Waals surface area contributed by atoms with Crippen molar-refractivity contribution in [3.05, 3.63) is 41.6 Å². The molecule has 0 atom stereocenters. The van der Waals surface area contributed by atoms with Crippen molar-refractivity contribution < 1.29 is 4.74 Å². The standard InChI is InChI=1S/C13H16N4O/c1-9-5-4-6-11(16-9)8-18-12-7-15-10(2)17-13(12)14-3/h4-7H,8H2,1-3H3,(H,14,15,17). The lowest BCUT2D eigenvalue weighted by atomic mass is 10.3. The van der Waals surface area contributed by atoms with E-state index >= 15 is 0 Å². The van der Waals surface area contributed by atoms with E-state index < -0.39 is 0 Å². The molecule has 1 N–H and O–H groups in total. The van der Waals surface area contributed by atoms with Gasteiger partial charge in [-0.1, -0.05) is 6.07 Å². The molecular weight excluding hydrogens is 228 g/mol. The minimum Gasteiger partial charge on any atom is -0.482 e. The first-order valence-corrected chi connectivity index (χ1v) is 5.76. The molecule has 2 heterocycles. The van der Waals surface area contributed by atoms with E-state index in [2.05, 4.69) is 20.3 Å². The van der Waals surface area contributed by atoms with Crippen LogP contribution in [0.3, 0.4) is 0 Å². The Kier molecular flexibility index (Phi) is 3.72. The smallest absolute Gasteiger partial charge is 0.180 e. The Bertz CT molecular complexity index is 542. The molecule has 0 radical (unpaired) electrons. The fraction of sp³-hybridized carbons (Fsp3) is 0.308. The summed E-state index contributed by atoms with van der Waals surface area (Å²) < 4.78 is 5.67. The molecule has 0 bridgehead atoms. The lowest BCUT2D eigenvalue weighted by Gasteiger charge is -2.10. The highest BCUT2D eigenvalue weighted by Gasteiger charge is 2.05. The highest BCUT2D eigenvalue weighted by Crippen LogP contribution is 2.20. The maximum Gasteiger partial charge on any atom is 0.180 e. The molecular formula is C13H16N4O. The molecule has 94 valence electrons. The van der Waals surface area contributed by atoms with Crippen molar-refractivity contribution in [3.63, 3.8) is 0 Å². The van der Waals surface area contributed by atoms with Crippen LogP contribution in [-0.4, -0.2) is 22.0 Å². The van der Waals surface area contributed by atoms with Crippen molar-refractivity contribution in [1.29, 1.82) is 0 Å². The van der Waals surface area contributed by atoms with Crippen LogP contribution in [0.5, 0.6) is 5.75 Å². The summed E-state index contributed by atoms with van der Waals surface area (Å²) in [6.07, 6.45) is 1.67. The molecule has 0 aromatic carbocycles. The number of nitrogens with one attached hydrogen (secondary N) is 1. The van der Waals surface area contributed by atoms with Crippen LogP contribution in [0.2, 0.25) is 0 Å². The molecule has 0 amide bonds. The van der Waals surface area contributed by atoms with Gasteiger partial charge >= 0.3 is 0 Å². The van der Waals surface area contributed by atoms with Crippen molar-refractivity contribution in [2.45, 2.75) is 20.5 Å². The summed E-state index contributed by atoms with van der Waals surface area (Å²) >= 11 is 0. The molecule has 2 aromatic heterocycles. The van der Waals surface area contributed by atoms with Gasteiger partial charge in [0.05, 0.1) is 11.9 Å². The number of aromatic nitrogens is 3. The first-order valence-electron chi connectivity index (χ1n) is 5.76. The first kappa shape index (κ1) is 12.3. The van der Waals surface area contributed by atoms with E-state index in [4.69, 9.17) is 4.74 Å². The average molecular weight is 244 g/mol. The number of aryl methyl sites for hydroxylation is 2. The molecule has 0 saturated heterocycles. The molecule has 0 fully saturated rings. The van der Waals surface area contributed by atoms with E-state index in [9.17, 15) is 0 Å². The summed E-state index contributed by atoms with van der Waals surface area (Å²) in [5.74, 6) is 2.03. The summed E-state index contributed by atoms with van der Waals surface area (Å²) in [6.45, 7) is 4.20. The van der Waals surface area contributed by atoms with Gasteiger partial charge in [-0.25, -0.2) is 9.97 Å². The van der Waals surface area contributed by atoms with Crippen molar-refractivity contribution in [2.75, 3.05) is 12.4 Å². The molecule has 2 aromatic rings. The molecule has 18 heavy (non-hydrogen) atoms. The molecule has 0 aliphatic rings. The fourth-order valence-corrected chi connectivity index (χ4v) is 1.58. The molecule has 0 spiro atoms. The Morgan fingerprint density at radius 1 is 1.22 bits per heavy atom. The minimum atomic E-state index is 0.406. The topological polar surface area (TPSA) is 59.9 Å². The zero-order valence-corrected chi connectivity index (χ0v) is 10.8. The van der Waals surface area contributed by atoms with Gasteiger partial charge in [0.1, 0.15) is 12.4 Å². The van der Waals surface area contributed by atoms with Crippen LogP contribution in [0.1, 0.15) is 17.2 Å². The van der Waals surface area contributed by atoms with Crippen LogP contribution >= 0.6 is 0 Å². The third-order valence-electron chi connectivity index (χ3n) is 2.43. The van der Waals surface area contributed by atoms with Crippen molar-refractivity contribution in [1.82, 2.24) is 15.0 Å². The predicted octanol–water partition coefficient (Wildman–Crippen LogP) is 2.11. The van der Waals surface area contributed by atoms with E-state index in [1.54, 1.807) is 13.2 Å². The van der Waals surface area contributed by atoms with Crippen molar-refractivity contribution >= 4 is 5.82 Å². The number of pyridine rings is 1. The Morgan fingerprint density at radius 3 is 2.78 bits per heavy atom. The Labute approximate surface area is 106 Å². The van der Waals surface area contributed by atoms with Crippen LogP contribution in [0.25, 0.3) is 0 Å². The van der Waals surface area contributed by atoms with E-state index in [1.165, 1.54) is 0 Å². The zero-order chi connectivity index (χ0) is 13.0. The summed E-state index contributed by atoms with van der Waals surface area (Å²) in [4.78, 5) is 12.7. The second-order valence-corrected chi connectivity index (χ2v) is 3.94. The molecule has 0 aliphatic carbocycles. The summed E-state index contributed by atoms with van der Waals surface area (Å²) in [5, 5.41) is 2.99. The Morgan fingerprint density at radius 2 is 2.06 bits per heavy atom. The highest BCUT2D eigenvalue weighted by atomic mass is 16.5. The summed E-state index contributed by atoms with van der Waals surface area (Å²) in [5.41, 5.74) is 1.86. The third kappa shape index (κ3) is 2.94. The van der Waals surface area contributed by atoms with Crippen molar-refractivity contribution in [3.8, 4) is 5.75 Å². The van der Waals surface area contributed by atoms with Gasteiger partial charge in [0.2, 0.25) is 0 Å². The molecule has 0 saturated carbocycles. The molecule has 0 aliphatic heterocycles. The molecule has 0 unspecified atom stereocenters. The van der Waals surface area contributed by atoms with Gasteiger partial charge in [-0.3, -0.25) is 4.98 Å². The van der Waals surface area contributed by atoms with Gasteiger partial charge in [0.15, 0.2) is 11.6 Å². The van der Waals surface area contributed by atoms with E-state index in [1.807, 2.05) is 32.0 Å². The van der Waals surface area contributed by atoms with Crippen LogP contribution < -0.4 is 10.1 Å². The number of anilines is 1. The van der Waals surface area contributed by atoms with Gasteiger partial charge < -0.3 is 10.1 Å². The normalized spacial score (nSPS) is 10.2. The zero-order valence-electron chi connectivity index (χ0n) is 10.8. The number of hydrogen-bond donors (Lipinski definition) is 1. The van der Waals surface area contributed by atoms with Gasteiger partial charge in [0, 0.05) is 12.7 Å². The maximum atomic E-state index is 5.67. The van der Waals surface area contributed by atoms with E-state index in [-0.39, 0.29) is 0 Å². The Balaban J connectivity index is 2.10. The quantitative estimate of drug-likeness (QED) is 0.892. The number of rotatable bonds is 4. The molecule has 2 rings (SSSR count). The van der Waals surface area contributed by atoms with E-state index in [0.717, 1.165) is 11.4 Å². The average Bonchev–Trinajstić information content (AvgIpc) is 2.37. The minimum absolute atomic E-state index is 0.406. The van der Waals surface area contributed by atoms with Gasteiger partial charge in [-0.2, -0.15) is 0 Å². The predicted molar refractivity (Wildman–Crippen MR) is 69.6 cm³/mol. The van der Waals surface area contributed by atoms with Gasteiger partial charge in [-0.05, 0) is 26.0 Å². The highest BCUT2D eigenvalue weighted by molar-refractivity contribution is 5.47. The molecule has 5 heteroatoms. The second-order valence-electron chi connectivity index (χ2n) is 3.94. The lowest BCUT2D eigenvalue weighted by molar-refractivity contribution is 0.300. The largest absolute Gasteiger partial charge is 0.482 e. The van der Waals surface area contributed by atoms with Crippen LogP contribution in [-0.2, 0) is 6.61 Å². The third-order valence-corrected chi connectivity index (χ3v) is 2.43. The first-order chi connectivity index (χ1) is 8.69. The van der Waals surface area contributed by atoms with Crippen LogP contribution in [0.15, 0.2) is 24.4 Å². The van der Waals surface area contributed by atoms with Crippen LogP contribution in [0.4, 0.5) is 5.82 Å². The monoisotopic (exact) mass is 244 g/mol. The van der Waals surface area contributed by atoms with E-state index in [0.29, 0.717) is 24.0 Å². The Hall–Kier alpha value is -2.17. The number of nitrogens with zero attached hydrogens (tertiary/aromatic N) is 3. The van der Waals surface area contributed by atoms with Crippen molar-refractivity contribution in [2.24, 2.45) is 0 Å². The molecule has 5 nitrogen and oxygen atoms in total. The lowest BCUT2D eigenvalue weighted by Crippen LogP contribution is -2.04. The summed E-state index contributed by atoms with van der Waals surface area (Å²) in [6, 6.07) is 5.85. The second kappa shape index (κ2) is 5.44. The van der Waals surface area contributed by atoms with Gasteiger partial charge in [0.25, 0.3) is 0 Å². The van der Waals surface area contributed by atoms with Gasteiger partial charge in [-0.15, -0.1) is 0 Å².